The highest BCUT2D eigenvalue weighted by molar-refractivity contribution is 5.82. The molecule has 1 heterocycles. The second kappa shape index (κ2) is 6.49. The zero-order valence-corrected chi connectivity index (χ0v) is 14.1. The Bertz CT molecular complexity index is 568. The lowest BCUT2D eigenvalue weighted by atomic mass is 9.80. The molecule has 4 heteroatoms. The van der Waals surface area contributed by atoms with Gasteiger partial charge in [-0.3, -0.25) is 0 Å². The van der Waals surface area contributed by atoms with E-state index >= 15 is 0 Å². The highest BCUT2D eigenvalue weighted by Crippen LogP contribution is 2.43. The minimum Gasteiger partial charge on any atom is -0.459 e. The summed E-state index contributed by atoms with van der Waals surface area (Å²) in [5.74, 6) is 0.337. The summed E-state index contributed by atoms with van der Waals surface area (Å²) in [6.45, 7) is 1.84. The molecule has 1 aliphatic heterocycles. The van der Waals surface area contributed by atoms with Gasteiger partial charge in [0, 0.05) is 30.8 Å². The number of rotatable bonds is 4. The monoisotopic (exact) mass is 329 g/mol. The molecule has 130 valence electrons. The molecule has 24 heavy (non-hydrogen) atoms. The van der Waals surface area contributed by atoms with E-state index in [4.69, 9.17) is 4.74 Å². The van der Waals surface area contributed by atoms with Crippen molar-refractivity contribution >= 4 is 5.97 Å². The van der Waals surface area contributed by atoms with Crippen LogP contribution < -0.4 is 5.32 Å². The van der Waals surface area contributed by atoms with Gasteiger partial charge in [-0.25, -0.2) is 4.79 Å². The van der Waals surface area contributed by atoms with E-state index < -0.39 is 11.6 Å². The first-order valence-corrected chi connectivity index (χ1v) is 9.39. The van der Waals surface area contributed by atoms with Crippen LogP contribution in [0.25, 0.3) is 0 Å². The van der Waals surface area contributed by atoms with Crippen LogP contribution in [0.15, 0.2) is 30.3 Å². The first-order chi connectivity index (χ1) is 11.7. The number of aliphatic hydroxyl groups is 1. The Balaban J connectivity index is 1.60. The first kappa shape index (κ1) is 16.1. The Labute approximate surface area is 143 Å². The molecule has 1 aromatic carbocycles. The van der Waals surface area contributed by atoms with Crippen LogP contribution in [-0.4, -0.2) is 30.3 Å². The lowest BCUT2D eigenvalue weighted by Gasteiger charge is -2.36. The fraction of sp³-hybridized carbons (Fsp3) is 0.650. The number of esters is 1. The summed E-state index contributed by atoms with van der Waals surface area (Å²) in [6, 6.07) is 9.40. The quantitative estimate of drug-likeness (QED) is 0.834. The number of carbonyl (C=O) groups is 1. The Morgan fingerprint density at radius 3 is 2.29 bits per heavy atom. The number of benzene rings is 1. The standard InChI is InChI=1S/C20H27NO3/c22-19(24-18-14-10-11-15(18)13-21-12-14)20(23,17-8-4-5-9-17)16-6-2-1-3-7-16/h1-3,6-7,14-15,17-18,21,23H,4-5,8-13H2. The maximum absolute atomic E-state index is 13.1. The van der Waals surface area contributed by atoms with Gasteiger partial charge in [0.15, 0.2) is 5.60 Å². The van der Waals surface area contributed by atoms with Gasteiger partial charge >= 0.3 is 5.97 Å². The van der Waals surface area contributed by atoms with E-state index in [9.17, 15) is 9.90 Å². The van der Waals surface area contributed by atoms with E-state index in [1.54, 1.807) is 0 Å². The van der Waals surface area contributed by atoms with Crippen LogP contribution in [0, 0.1) is 17.8 Å². The molecule has 3 atom stereocenters. The van der Waals surface area contributed by atoms with E-state index in [2.05, 4.69) is 5.32 Å². The van der Waals surface area contributed by atoms with Crippen molar-refractivity contribution in [3.8, 4) is 0 Å². The predicted molar refractivity (Wildman–Crippen MR) is 91.3 cm³/mol. The largest absolute Gasteiger partial charge is 0.459 e. The molecular formula is C20H27NO3. The molecule has 1 aromatic rings. The summed E-state index contributed by atoms with van der Waals surface area (Å²) < 4.78 is 5.98. The number of nitrogens with one attached hydrogen (secondary N) is 1. The Hall–Kier alpha value is -1.39. The highest BCUT2D eigenvalue weighted by atomic mass is 16.6. The fourth-order valence-corrected chi connectivity index (χ4v) is 4.99. The molecule has 2 aliphatic carbocycles. The van der Waals surface area contributed by atoms with Gasteiger partial charge in [0.2, 0.25) is 0 Å². The van der Waals surface area contributed by atoms with E-state index in [1.807, 2.05) is 30.3 Å². The molecule has 2 saturated carbocycles. The molecule has 3 fully saturated rings. The third-order valence-electron chi connectivity index (χ3n) is 6.36. The third kappa shape index (κ3) is 2.66. The maximum Gasteiger partial charge on any atom is 0.343 e. The van der Waals surface area contributed by atoms with Gasteiger partial charge in [0.05, 0.1) is 0 Å². The highest BCUT2D eigenvalue weighted by Gasteiger charge is 2.50. The fourth-order valence-electron chi connectivity index (χ4n) is 4.99. The molecule has 4 nitrogen and oxygen atoms in total. The van der Waals surface area contributed by atoms with E-state index in [1.165, 1.54) is 0 Å². The Kier molecular flexibility index (Phi) is 4.35. The molecule has 4 rings (SSSR count). The third-order valence-corrected chi connectivity index (χ3v) is 6.36. The zero-order chi connectivity index (χ0) is 16.6. The smallest absolute Gasteiger partial charge is 0.343 e. The summed E-state index contributed by atoms with van der Waals surface area (Å²) in [6.07, 6.45) is 6.12. The van der Waals surface area contributed by atoms with Crippen LogP contribution in [0.1, 0.15) is 44.1 Å². The molecule has 2 bridgehead atoms. The number of ether oxygens (including phenoxy) is 1. The molecule has 0 aromatic heterocycles. The minimum atomic E-state index is -1.50. The summed E-state index contributed by atoms with van der Waals surface area (Å²) >= 11 is 0. The number of carbonyl (C=O) groups excluding carboxylic acids is 1. The van der Waals surface area contributed by atoms with Crippen molar-refractivity contribution in [2.75, 3.05) is 13.1 Å². The van der Waals surface area contributed by atoms with Crippen LogP contribution in [-0.2, 0) is 15.1 Å². The average molecular weight is 329 g/mol. The number of hydrogen-bond donors (Lipinski definition) is 2. The molecule has 2 N–H and O–H groups in total. The van der Waals surface area contributed by atoms with Crippen molar-refractivity contribution in [2.24, 2.45) is 17.8 Å². The van der Waals surface area contributed by atoms with Crippen LogP contribution in [0.4, 0.5) is 0 Å². The summed E-state index contributed by atoms with van der Waals surface area (Å²) in [4.78, 5) is 13.1. The predicted octanol–water partition coefficient (Wildman–Crippen LogP) is 2.61. The maximum atomic E-state index is 13.1. The molecule has 0 spiro atoms. The van der Waals surface area contributed by atoms with Crippen molar-refractivity contribution in [1.82, 2.24) is 5.32 Å². The van der Waals surface area contributed by atoms with Gasteiger partial charge in [-0.05, 0) is 31.2 Å². The van der Waals surface area contributed by atoms with Crippen molar-refractivity contribution < 1.29 is 14.6 Å². The molecule has 0 amide bonds. The molecule has 3 aliphatic rings. The summed E-state index contributed by atoms with van der Waals surface area (Å²) in [5.41, 5.74) is -0.814. The van der Waals surface area contributed by atoms with Crippen LogP contribution in [0.5, 0.6) is 0 Å². The van der Waals surface area contributed by atoms with E-state index in [0.29, 0.717) is 17.4 Å². The number of fused-ring (bicyclic) bond motifs is 2. The van der Waals surface area contributed by atoms with E-state index in [-0.39, 0.29) is 12.0 Å². The van der Waals surface area contributed by atoms with Crippen molar-refractivity contribution in [3.63, 3.8) is 0 Å². The van der Waals surface area contributed by atoms with Gasteiger partial charge in [0.25, 0.3) is 0 Å². The number of hydrogen-bond acceptors (Lipinski definition) is 4. The molecule has 0 radical (unpaired) electrons. The molecular weight excluding hydrogens is 302 g/mol. The molecule has 3 unspecified atom stereocenters. The average Bonchev–Trinajstić information content (AvgIpc) is 3.21. The Morgan fingerprint density at radius 1 is 1.04 bits per heavy atom. The topological polar surface area (TPSA) is 58.6 Å². The van der Waals surface area contributed by atoms with Crippen LogP contribution in [0.2, 0.25) is 0 Å². The minimum absolute atomic E-state index is 0.0320. The lowest BCUT2D eigenvalue weighted by molar-refractivity contribution is -0.184. The van der Waals surface area contributed by atoms with Gasteiger partial charge in [-0.2, -0.15) is 0 Å². The van der Waals surface area contributed by atoms with Crippen molar-refractivity contribution in [1.29, 1.82) is 0 Å². The van der Waals surface area contributed by atoms with Gasteiger partial charge in [0.1, 0.15) is 6.10 Å². The second-order valence-corrected chi connectivity index (χ2v) is 7.74. The van der Waals surface area contributed by atoms with Gasteiger partial charge < -0.3 is 15.2 Å². The zero-order valence-electron chi connectivity index (χ0n) is 14.1. The molecule has 1 saturated heterocycles. The number of piperidine rings is 1. The lowest BCUT2D eigenvalue weighted by Crippen LogP contribution is -2.49. The van der Waals surface area contributed by atoms with Crippen molar-refractivity contribution in [2.45, 2.75) is 50.2 Å². The van der Waals surface area contributed by atoms with Gasteiger partial charge in [-0.15, -0.1) is 0 Å². The summed E-state index contributed by atoms with van der Waals surface area (Å²) in [5, 5.41) is 14.9. The van der Waals surface area contributed by atoms with Crippen LogP contribution in [0.3, 0.4) is 0 Å². The SMILES string of the molecule is O=C(OC1C2CCC1CNC2)C(O)(c1ccccc1)C1CCCC1. The first-order valence-electron chi connectivity index (χ1n) is 9.39. The second-order valence-electron chi connectivity index (χ2n) is 7.74. The van der Waals surface area contributed by atoms with Gasteiger partial charge in [-0.1, -0.05) is 43.2 Å². The Morgan fingerprint density at radius 2 is 1.67 bits per heavy atom. The van der Waals surface area contributed by atoms with Crippen molar-refractivity contribution in [3.05, 3.63) is 35.9 Å². The normalized spacial score (nSPS) is 32.5. The van der Waals surface area contributed by atoms with Crippen LogP contribution >= 0.6 is 0 Å². The summed E-state index contributed by atoms with van der Waals surface area (Å²) in [7, 11) is 0. The van der Waals surface area contributed by atoms with E-state index in [0.717, 1.165) is 51.6 Å².